The van der Waals surface area contributed by atoms with Crippen LogP contribution < -0.4 is 5.73 Å². The molecule has 0 radical (unpaired) electrons. The molecule has 1 saturated carbocycles. The fraction of sp³-hybridized carbons (Fsp3) is 0.600. The van der Waals surface area contributed by atoms with Gasteiger partial charge in [-0.15, -0.1) is 0 Å². The molecule has 0 atom stereocenters. The van der Waals surface area contributed by atoms with Crippen LogP contribution in [-0.2, 0) is 16.9 Å². The van der Waals surface area contributed by atoms with Crippen molar-refractivity contribution in [3.05, 3.63) is 23.7 Å². The summed E-state index contributed by atoms with van der Waals surface area (Å²) in [6.45, 7) is 0.457. The van der Waals surface area contributed by atoms with Gasteiger partial charge in [-0.2, -0.15) is 0 Å². The molecule has 1 aliphatic carbocycles. The van der Waals surface area contributed by atoms with E-state index in [4.69, 9.17) is 14.9 Å². The van der Waals surface area contributed by atoms with Crippen LogP contribution in [0.3, 0.4) is 0 Å². The third-order valence-electron chi connectivity index (χ3n) is 2.64. The van der Waals surface area contributed by atoms with E-state index in [0.29, 0.717) is 19.4 Å². The summed E-state index contributed by atoms with van der Waals surface area (Å²) in [6.07, 6.45) is 0.871. The smallest absolute Gasteiger partial charge is 0.129 e. The number of rotatable bonds is 3. The molecule has 0 unspecified atom stereocenters. The van der Waals surface area contributed by atoms with E-state index in [1.807, 2.05) is 12.1 Å². The highest BCUT2D eigenvalue weighted by Crippen LogP contribution is 2.39. The average molecular weight is 197 g/mol. The summed E-state index contributed by atoms with van der Waals surface area (Å²) in [5.74, 6) is 1.52. The van der Waals surface area contributed by atoms with Crippen molar-refractivity contribution in [2.75, 3.05) is 7.11 Å². The Balaban J connectivity index is 2.09. The van der Waals surface area contributed by atoms with Gasteiger partial charge in [0.05, 0.1) is 11.6 Å². The summed E-state index contributed by atoms with van der Waals surface area (Å²) in [6, 6.07) is 3.72. The normalized spacial score (nSPS) is 31.5. The summed E-state index contributed by atoms with van der Waals surface area (Å²) in [4.78, 5) is 0. The fourth-order valence-electron chi connectivity index (χ4n) is 1.85. The van der Waals surface area contributed by atoms with Gasteiger partial charge in [0.2, 0.25) is 0 Å². The number of hydrogen-bond acceptors (Lipinski definition) is 4. The molecule has 0 amide bonds. The molecular weight excluding hydrogens is 182 g/mol. The zero-order valence-electron chi connectivity index (χ0n) is 8.19. The van der Waals surface area contributed by atoms with Gasteiger partial charge in [-0.3, -0.25) is 0 Å². The number of nitrogens with two attached hydrogens (primary N) is 1. The first-order valence-electron chi connectivity index (χ1n) is 4.69. The lowest BCUT2D eigenvalue weighted by atomic mass is 9.73. The lowest BCUT2D eigenvalue weighted by Gasteiger charge is -2.40. The number of hydrogen-bond donors (Lipinski definition) is 2. The third kappa shape index (κ3) is 1.56. The van der Waals surface area contributed by atoms with E-state index in [0.717, 1.165) is 11.5 Å². The Kier molecular flexibility index (Phi) is 2.34. The van der Waals surface area contributed by atoms with Crippen molar-refractivity contribution in [1.29, 1.82) is 0 Å². The van der Waals surface area contributed by atoms with Crippen LogP contribution in [0.2, 0.25) is 0 Å². The largest absolute Gasteiger partial charge is 0.462 e. The molecule has 0 aromatic carbocycles. The van der Waals surface area contributed by atoms with Crippen LogP contribution >= 0.6 is 0 Å². The van der Waals surface area contributed by atoms with Crippen molar-refractivity contribution in [1.82, 2.24) is 0 Å². The minimum Gasteiger partial charge on any atom is -0.462 e. The topological polar surface area (TPSA) is 68.6 Å². The number of methoxy groups -OCH3 is 1. The summed E-state index contributed by atoms with van der Waals surface area (Å²) in [5, 5.41) is 9.21. The molecule has 4 heteroatoms. The van der Waals surface area contributed by atoms with E-state index in [-0.39, 0.29) is 6.10 Å². The van der Waals surface area contributed by atoms with Crippen LogP contribution in [0.25, 0.3) is 0 Å². The van der Waals surface area contributed by atoms with Crippen molar-refractivity contribution in [3.8, 4) is 0 Å². The first-order chi connectivity index (χ1) is 6.64. The highest BCUT2D eigenvalue weighted by Gasteiger charge is 2.43. The van der Waals surface area contributed by atoms with Crippen molar-refractivity contribution in [2.24, 2.45) is 5.73 Å². The van der Waals surface area contributed by atoms with Gasteiger partial charge in [0, 0.05) is 7.11 Å². The van der Waals surface area contributed by atoms with E-state index in [2.05, 4.69) is 0 Å². The van der Waals surface area contributed by atoms with Crippen molar-refractivity contribution in [2.45, 2.75) is 31.1 Å². The second-order valence-electron chi connectivity index (χ2n) is 3.92. The van der Waals surface area contributed by atoms with Crippen LogP contribution in [0.4, 0.5) is 0 Å². The fourth-order valence-corrected chi connectivity index (χ4v) is 1.85. The molecule has 2 rings (SSSR count). The molecule has 1 aromatic rings. The summed E-state index contributed by atoms with van der Waals surface area (Å²) in [5.41, 5.74) is 5.56. The van der Waals surface area contributed by atoms with E-state index in [1.165, 1.54) is 0 Å². The Morgan fingerprint density at radius 3 is 2.93 bits per heavy atom. The number of furan rings is 1. The zero-order valence-corrected chi connectivity index (χ0v) is 8.19. The van der Waals surface area contributed by atoms with Gasteiger partial charge in [-0.05, 0) is 25.0 Å². The van der Waals surface area contributed by atoms with Gasteiger partial charge in [-0.1, -0.05) is 0 Å². The quantitative estimate of drug-likeness (QED) is 0.749. The van der Waals surface area contributed by atoms with Crippen molar-refractivity contribution >= 4 is 0 Å². The van der Waals surface area contributed by atoms with E-state index in [9.17, 15) is 5.11 Å². The van der Waals surface area contributed by atoms with E-state index < -0.39 is 5.54 Å². The molecule has 0 bridgehead atoms. The monoisotopic (exact) mass is 197 g/mol. The summed E-state index contributed by atoms with van der Waals surface area (Å²) in [7, 11) is 1.62. The van der Waals surface area contributed by atoms with Crippen LogP contribution in [0.5, 0.6) is 0 Å². The lowest BCUT2D eigenvalue weighted by molar-refractivity contribution is 0.00869. The molecule has 3 N–H and O–H groups in total. The third-order valence-corrected chi connectivity index (χ3v) is 2.64. The highest BCUT2D eigenvalue weighted by atomic mass is 16.5. The van der Waals surface area contributed by atoms with Crippen molar-refractivity contribution in [3.63, 3.8) is 0 Å². The van der Waals surface area contributed by atoms with Gasteiger partial charge < -0.3 is 20.0 Å². The minimum atomic E-state index is -0.467. The molecule has 78 valence electrons. The summed E-state index contributed by atoms with van der Waals surface area (Å²) < 4.78 is 10.5. The second-order valence-corrected chi connectivity index (χ2v) is 3.92. The maximum Gasteiger partial charge on any atom is 0.129 e. The molecule has 4 nitrogen and oxygen atoms in total. The Morgan fingerprint density at radius 1 is 1.64 bits per heavy atom. The lowest BCUT2D eigenvalue weighted by Crippen LogP contribution is -2.51. The average Bonchev–Trinajstić information content (AvgIpc) is 2.51. The molecule has 14 heavy (non-hydrogen) atoms. The Bertz CT molecular complexity index is 315. The van der Waals surface area contributed by atoms with Crippen LogP contribution in [0, 0.1) is 0 Å². The van der Waals surface area contributed by atoms with Gasteiger partial charge in [0.25, 0.3) is 0 Å². The highest BCUT2D eigenvalue weighted by molar-refractivity contribution is 5.20. The molecule has 1 heterocycles. The predicted molar refractivity (Wildman–Crippen MR) is 50.5 cm³/mol. The Hall–Kier alpha value is -0.840. The van der Waals surface area contributed by atoms with Gasteiger partial charge in [0.15, 0.2) is 0 Å². The van der Waals surface area contributed by atoms with E-state index >= 15 is 0 Å². The first kappa shape index (κ1) is 9.71. The van der Waals surface area contributed by atoms with Crippen molar-refractivity contribution < 1.29 is 14.3 Å². The maximum atomic E-state index is 9.21. The molecular formula is C10H15NO3. The standard InChI is InChI=1S/C10H15NO3/c1-13-6-8-2-3-9(14-8)10(11)4-7(12)5-10/h2-3,7,12H,4-6,11H2,1H3. The summed E-state index contributed by atoms with van der Waals surface area (Å²) >= 11 is 0. The second kappa shape index (κ2) is 3.38. The number of ether oxygens (including phenoxy) is 1. The Labute approximate surface area is 82.7 Å². The van der Waals surface area contributed by atoms with Crippen LogP contribution in [0.15, 0.2) is 16.5 Å². The number of aliphatic hydroxyl groups is 1. The van der Waals surface area contributed by atoms with Gasteiger partial charge >= 0.3 is 0 Å². The molecule has 0 saturated heterocycles. The molecule has 1 fully saturated rings. The molecule has 1 aromatic heterocycles. The first-order valence-corrected chi connectivity index (χ1v) is 4.69. The van der Waals surface area contributed by atoms with Gasteiger partial charge in [-0.25, -0.2) is 0 Å². The van der Waals surface area contributed by atoms with Gasteiger partial charge in [0.1, 0.15) is 18.1 Å². The molecule has 0 aliphatic heterocycles. The predicted octanol–water partition coefficient (Wildman–Crippen LogP) is 0.735. The zero-order chi connectivity index (χ0) is 10.2. The number of aliphatic hydroxyl groups excluding tert-OH is 1. The van der Waals surface area contributed by atoms with E-state index in [1.54, 1.807) is 7.11 Å². The van der Waals surface area contributed by atoms with Crippen LogP contribution in [-0.4, -0.2) is 18.3 Å². The SMILES string of the molecule is COCc1ccc(C2(N)CC(O)C2)o1. The van der Waals surface area contributed by atoms with Crippen LogP contribution in [0.1, 0.15) is 24.4 Å². The molecule has 0 spiro atoms. The maximum absolute atomic E-state index is 9.21. The molecule has 1 aliphatic rings. The minimum absolute atomic E-state index is 0.282. The Morgan fingerprint density at radius 2 is 2.36 bits per heavy atom.